The van der Waals surface area contributed by atoms with Crippen molar-refractivity contribution in [3.63, 3.8) is 0 Å². The monoisotopic (exact) mass is 258 g/mol. The van der Waals surface area contributed by atoms with Gasteiger partial charge in [0.15, 0.2) is 11.5 Å². The van der Waals surface area contributed by atoms with E-state index in [9.17, 15) is 0 Å². The molecule has 4 heteroatoms. The molecule has 0 spiro atoms. The highest BCUT2D eigenvalue weighted by molar-refractivity contribution is 6.04. The Bertz CT molecular complexity index is 544. The third-order valence-corrected chi connectivity index (χ3v) is 3.14. The number of fused-ring (bicyclic) bond motifs is 1. The fraction of sp³-hybridized carbons (Fsp3) is 0.467. The molecule has 1 atom stereocenters. The van der Waals surface area contributed by atoms with Gasteiger partial charge in [0.05, 0.1) is 38.0 Å². The fourth-order valence-corrected chi connectivity index (χ4v) is 2.38. The maximum atomic E-state index is 8.92. The summed E-state index contributed by atoms with van der Waals surface area (Å²) in [6.45, 7) is 4.57. The van der Waals surface area contributed by atoms with Gasteiger partial charge in [-0.15, -0.1) is 0 Å². The zero-order chi connectivity index (χ0) is 13.8. The van der Waals surface area contributed by atoms with Crippen LogP contribution in [0.25, 0.3) is 0 Å². The molecule has 0 aromatic heterocycles. The molecule has 4 nitrogen and oxygen atoms in total. The molecule has 0 N–H and O–H groups in total. The van der Waals surface area contributed by atoms with E-state index in [0.29, 0.717) is 18.8 Å². The lowest BCUT2D eigenvalue weighted by Gasteiger charge is -2.22. The summed E-state index contributed by atoms with van der Waals surface area (Å²) in [5, 5.41) is 8.92. The zero-order valence-electron chi connectivity index (χ0n) is 11.6. The number of methoxy groups -OCH3 is 1. The van der Waals surface area contributed by atoms with Crippen molar-refractivity contribution in [2.24, 2.45) is 4.99 Å². The van der Waals surface area contributed by atoms with Crippen molar-refractivity contribution in [3.05, 3.63) is 23.3 Å². The van der Waals surface area contributed by atoms with Crippen molar-refractivity contribution in [1.82, 2.24) is 0 Å². The summed E-state index contributed by atoms with van der Waals surface area (Å²) >= 11 is 0. The smallest absolute Gasteiger partial charge is 0.161 e. The first-order chi connectivity index (χ1) is 9.19. The van der Waals surface area contributed by atoms with Gasteiger partial charge in [-0.3, -0.25) is 4.99 Å². The average molecular weight is 258 g/mol. The van der Waals surface area contributed by atoms with Crippen molar-refractivity contribution < 1.29 is 9.47 Å². The third kappa shape index (κ3) is 2.70. The minimum atomic E-state index is 0.207. The van der Waals surface area contributed by atoms with Crippen LogP contribution in [0.3, 0.4) is 0 Å². The lowest BCUT2D eigenvalue weighted by Crippen LogP contribution is -2.19. The van der Waals surface area contributed by atoms with Crippen LogP contribution in [0, 0.1) is 11.3 Å². The quantitative estimate of drug-likeness (QED) is 0.834. The summed E-state index contributed by atoms with van der Waals surface area (Å²) < 4.78 is 10.9. The molecule has 1 aliphatic heterocycles. The van der Waals surface area contributed by atoms with Crippen LogP contribution < -0.4 is 9.47 Å². The highest BCUT2D eigenvalue weighted by Gasteiger charge is 2.21. The number of aliphatic imine (C=N–C) groups is 1. The van der Waals surface area contributed by atoms with Gasteiger partial charge in [0.25, 0.3) is 0 Å². The fourth-order valence-electron chi connectivity index (χ4n) is 2.38. The van der Waals surface area contributed by atoms with E-state index in [1.807, 2.05) is 19.1 Å². The van der Waals surface area contributed by atoms with E-state index in [0.717, 1.165) is 23.4 Å². The molecule has 1 unspecified atom stereocenters. The molecule has 1 aliphatic rings. The van der Waals surface area contributed by atoms with E-state index < -0.39 is 0 Å². The molecule has 0 bridgehead atoms. The Morgan fingerprint density at radius 2 is 2.21 bits per heavy atom. The first kappa shape index (κ1) is 13.4. The number of hydrogen-bond donors (Lipinski definition) is 0. The second-order valence-electron chi connectivity index (χ2n) is 4.56. The molecule has 0 saturated heterocycles. The van der Waals surface area contributed by atoms with E-state index in [2.05, 4.69) is 18.0 Å². The maximum absolute atomic E-state index is 8.92. The Balaban J connectivity index is 2.50. The Hall–Kier alpha value is -2.02. The first-order valence-corrected chi connectivity index (χ1v) is 6.47. The van der Waals surface area contributed by atoms with Crippen molar-refractivity contribution in [3.8, 4) is 17.6 Å². The van der Waals surface area contributed by atoms with Gasteiger partial charge in [-0.05, 0) is 38.0 Å². The molecule has 0 amide bonds. The Morgan fingerprint density at radius 1 is 1.42 bits per heavy atom. The summed E-state index contributed by atoms with van der Waals surface area (Å²) in [6, 6.07) is 6.33. The van der Waals surface area contributed by atoms with E-state index >= 15 is 0 Å². The number of hydrogen-bond acceptors (Lipinski definition) is 4. The maximum Gasteiger partial charge on any atom is 0.161 e. The highest BCUT2D eigenvalue weighted by Crippen LogP contribution is 2.34. The summed E-state index contributed by atoms with van der Waals surface area (Å²) in [5.74, 6) is 1.45. The lowest BCUT2D eigenvalue weighted by atomic mass is 9.92. The molecule has 0 radical (unpaired) electrons. The SMILES string of the molecule is CCOc1cc2c(cc1OC)CC(C)N=C2CC#N. The minimum absolute atomic E-state index is 0.207. The van der Waals surface area contributed by atoms with Crippen molar-refractivity contribution in [2.45, 2.75) is 32.7 Å². The van der Waals surface area contributed by atoms with Gasteiger partial charge < -0.3 is 9.47 Å². The lowest BCUT2D eigenvalue weighted by molar-refractivity contribution is 0.310. The molecule has 2 rings (SSSR count). The molecule has 1 heterocycles. The van der Waals surface area contributed by atoms with Gasteiger partial charge in [-0.25, -0.2) is 0 Å². The highest BCUT2D eigenvalue weighted by atomic mass is 16.5. The molecular formula is C15H18N2O2. The van der Waals surface area contributed by atoms with Crippen LogP contribution in [0.4, 0.5) is 0 Å². The zero-order valence-corrected chi connectivity index (χ0v) is 11.6. The largest absolute Gasteiger partial charge is 0.493 e. The van der Waals surface area contributed by atoms with Gasteiger partial charge >= 0.3 is 0 Å². The summed E-state index contributed by atoms with van der Waals surface area (Å²) in [6.07, 6.45) is 1.20. The number of ether oxygens (including phenoxy) is 2. The van der Waals surface area contributed by atoms with Crippen LogP contribution in [0.2, 0.25) is 0 Å². The molecule has 1 aromatic rings. The Morgan fingerprint density at radius 3 is 2.84 bits per heavy atom. The van der Waals surface area contributed by atoms with E-state index in [1.165, 1.54) is 5.56 Å². The minimum Gasteiger partial charge on any atom is -0.493 e. The summed E-state index contributed by atoms with van der Waals surface area (Å²) in [7, 11) is 1.64. The van der Waals surface area contributed by atoms with E-state index in [4.69, 9.17) is 14.7 Å². The van der Waals surface area contributed by atoms with Crippen molar-refractivity contribution >= 4 is 5.71 Å². The number of nitriles is 1. The molecule has 100 valence electrons. The normalized spacial score (nSPS) is 17.2. The molecular weight excluding hydrogens is 240 g/mol. The summed E-state index contributed by atoms with van der Waals surface area (Å²) in [5.41, 5.74) is 3.04. The third-order valence-electron chi connectivity index (χ3n) is 3.14. The van der Waals surface area contributed by atoms with E-state index in [1.54, 1.807) is 7.11 Å². The van der Waals surface area contributed by atoms with E-state index in [-0.39, 0.29) is 6.04 Å². The summed E-state index contributed by atoms with van der Waals surface area (Å²) in [4.78, 5) is 4.57. The van der Waals surface area contributed by atoms with Crippen molar-refractivity contribution in [2.75, 3.05) is 13.7 Å². The predicted molar refractivity (Wildman–Crippen MR) is 74.1 cm³/mol. The Labute approximate surface area is 113 Å². The molecule has 1 aromatic carbocycles. The number of nitrogens with zero attached hydrogens (tertiary/aromatic N) is 2. The van der Waals surface area contributed by atoms with Gasteiger partial charge in [0.2, 0.25) is 0 Å². The van der Waals surface area contributed by atoms with Crippen LogP contribution >= 0.6 is 0 Å². The average Bonchev–Trinajstić information content (AvgIpc) is 2.39. The van der Waals surface area contributed by atoms with Crippen LogP contribution in [0.1, 0.15) is 31.4 Å². The van der Waals surface area contributed by atoms with Crippen LogP contribution in [-0.4, -0.2) is 25.5 Å². The first-order valence-electron chi connectivity index (χ1n) is 6.47. The van der Waals surface area contributed by atoms with Gasteiger partial charge in [-0.2, -0.15) is 5.26 Å². The van der Waals surface area contributed by atoms with Crippen LogP contribution in [0.15, 0.2) is 17.1 Å². The molecule has 0 fully saturated rings. The van der Waals surface area contributed by atoms with Crippen LogP contribution in [0.5, 0.6) is 11.5 Å². The second kappa shape index (κ2) is 5.75. The number of rotatable bonds is 4. The second-order valence-corrected chi connectivity index (χ2v) is 4.56. The van der Waals surface area contributed by atoms with Gasteiger partial charge in [0.1, 0.15) is 0 Å². The Kier molecular flexibility index (Phi) is 4.06. The van der Waals surface area contributed by atoms with Gasteiger partial charge in [-0.1, -0.05) is 0 Å². The molecule has 19 heavy (non-hydrogen) atoms. The predicted octanol–water partition coefficient (Wildman–Crippen LogP) is 2.74. The topological polar surface area (TPSA) is 54.6 Å². The molecule has 0 aliphatic carbocycles. The van der Waals surface area contributed by atoms with Crippen molar-refractivity contribution in [1.29, 1.82) is 5.26 Å². The van der Waals surface area contributed by atoms with Gasteiger partial charge in [0, 0.05) is 5.56 Å². The van der Waals surface area contributed by atoms with Crippen LogP contribution in [-0.2, 0) is 6.42 Å². The number of benzene rings is 1. The standard InChI is InChI=1S/C15H18N2O2/c1-4-19-15-9-12-11(8-14(15)18-3)7-10(2)17-13(12)5-6-16/h8-10H,4-5,7H2,1-3H3. The molecule has 0 saturated carbocycles.